The van der Waals surface area contributed by atoms with Crippen LogP contribution in [0.25, 0.3) is 17.3 Å². The lowest BCUT2D eigenvalue weighted by Gasteiger charge is -2.33. The monoisotopic (exact) mass is 573 g/mol. The zero-order valence-corrected chi connectivity index (χ0v) is 22.3. The molecule has 7 nitrogen and oxygen atoms in total. The van der Waals surface area contributed by atoms with Crippen molar-refractivity contribution >= 4 is 33.8 Å². The number of benzene rings is 2. The summed E-state index contributed by atoms with van der Waals surface area (Å²) in [4.78, 5) is 18.1. The number of ether oxygens (including phenoxy) is 1. The van der Waals surface area contributed by atoms with Crippen LogP contribution in [0.3, 0.4) is 0 Å². The molecule has 2 heterocycles. The summed E-state index contributed by atoms with van der Waals surface area (Å²) >= 11 is 3.45. The van der Waals surface area contributed by atoms with Crippen molar-refractivity contribution in [3.05, 3.63) is 87.2 Å². The SMILES string of the molecule is COC(=O)/C=C/c1ccc(CNC2CCN(c3cc(C#N)c(Br)c(-c4ccc(C#N)c(F)c4)n3)CC2)cc1. The third kappa shape index (κ3) is 6.44. The van der Waals surface area contributed by atoms with E-state index in [-0.39, 0.29) is 11.5 Å². The fraction of sp³-hybridized carbons (Fsp3) is 0.241. The van der Waals surface area contributed by atoms with E-state index in [4.69, 9.17) is 10.2 Å². The van der Waals surface area contributed by atoms with Crippen LogP contribution in [0.5, 0.6) is 0 Å². The van der Waals surface area contributed by atoms with Crippen molar-refractivity contribution < 1.29 is 13.9 Å². The number of nitriles is 2. The quantitative estimate of drug-likeness (QED) is 0.300. The summed E-state index contributed by atoms with van der Waals surface area (Å²) in [7, 11) is 1.35. The van der Waals surface area contributed by atoms with Gasteiger partial charge in [0.1, 0.15) is 23.8 Å². The minimum absolute atomic E-state index is 0.0394. The Morgan fingerprint density at radius 2 is 1.87 bits per heavy atom. The number of methoxy groups -OCH3 is 1. The lowest BCUT2D eigenvalue weighted by Crippen LogP contribution is -2.42. The molecule has 38 heavy (non-hydrogen) atoms. The van der Waals surface area contributed by atoms with E-state index in [0.29, 0.717) is 33.2 Å². The second-order valence-electron chi connectivity index (χ2n) is 8.85. The van der Waals surface area contributed by atoms with E-state index in [9.17, 15) is 14.4 Å². The maximum atomic E-state index is 14.3. The number of nitrogens with one attached hydrogen (secondary N) is 1. The molecule has 9 heteroatoms. The number of rotatable bonds is 7. The Morgan fingerprint density at radius 1 is 1.16 bits per heavy atom. The first-order chi connectivity index (χ1) is 18.4. The van der Waals surface area contributed by atoms with Crippen molar-refractivity contribution in [2.75, 3.05) is 25.1 Å². The van der Waals surface area contributed by atoms with Crippen LogP contribution >= 0.6 is 15.9 Å². The zero-order valence-electron chi connectivity index (χ0n) is 20.7. The van der Waals surface area contributed by atoms with Gasteiger partial charge in [-0.2, -0.15) is 10.5 Å². The Morgan fingerprint density at radius 3 is 2.50 bits per heavy atom. The average molecular weight is 574 g/mol. The number of hydrogen-bond acceptors (Lipinski definition) is 7. The van der Waals surface area contributed by atoms with Gasteiger partial charge >= 0.3 is 5.97 Å². The van der Waals surface area contributed by atoms with E-state index in [0.717, 1.165) is 43.6 Å². The summed E-state index contributed by atoms with van der Waals surface area (Å²) in [6.45, 7) is 2.25. The molecule has 0 amide bonds. The molecule has 2 aromatic carbocycles. The van der Waals surface area contributed by atoms with Gasteiger partial charge in [0.05, 0.1) is 28.4 Å². The lowest BCUT2D eigenvalue weighted by molar-refractivity contribution is -0.134. The Kier molecular flexibility index (Phi) is 8.85. The van der Waals surface area contributed by atoms with Crippen molar-refractivity contribution in [3.63, 3.8) is 0 Å². The smallest absolute Gasteiger partial charge is 0.330 e. The summed E-state index contributed by atoms with van der Waals surface area (Å²) in [5.74, 6) is -0.344. The average Bonchev–Trinajstić information content (AvgIpc) is 2.95. The molecule has 1 aliphatic rings. The fourth-order valence-electron chi connectivity index (χ4n) is 4.26. The number of pyridine rings is 1. The van der Waals surface area contributed by atoms with E-state index >= 15 is 0 Å². The molecule has 1 saturated heterocycles. The van der Waals surface area contributed by atoms with Crippen LogP contribution in [-0.2, 0) is 16.1 Å². The Labute approximate surface area is 229 Å². The number of aromatic nitrogens is 1. The highest BCUT2D eigenvalue weighted by molar-refractivity contribution is 9.10. The maximum absolute atomic E-state index is 14.3. The summed E-state index contributed by atoms with van der Waals surface area (Å²) in [5, 5.41) is 22.3. The molecule has 1 fully saturated rings. The molecular weight excluding hydrogens is 549 g/mol. The van der Waals surface area contributed by atoms with Gasteiger partial charge in [0, 0.05) is 37.3 Å². The summed E-state index contributed by atoms with van der Waals surface area (Å²) in [5.41, 5.74) is 3.41. The van der Waals surface area contributed by atoms with Crippen LogP contribution in [0.4, 0.5) is 10.2 Å². The van der Waals surface area contributed by atoms with E-state index in [1.807, 2.05) is 30.3 Å². The molecule has 0 bridgehead atoms. The van der Waals surface area contributed by atoms with Crippen LogP contribution in [-0.4, -0.2) is 37.2 Å². The van der Waals surface area contributed by atoms with Gasteiger partial charge in [-0.25, -0.2) is 14.2 Å². The zero-order chi connectivity index (χ0) is 27.1. The number of hydrogen-bond donors (Lipinski definition) is 1. The van der Waals surface area contributed by atoms with Gasteiger partial charge in [0.2, 0.25) is 0 Å². The number of carbonyl (C=O) groups excluding carboxylic acids is 1. The molecular formula is C29H25BrFN5O2. The highest BCUT2D eigenvalue weighted by Crippen LogP contribution is 2.33. The summed E-state index contributed by atoms with van der Waals surface area (Å²) < 4.78 is 19.4. The van der Waals surface area contributed by atoms with E-state index in [1.54, 1.807) is 18.2 Å². The first-order valence-electron chi connectivity index (χ1n) is 12.1. The van der Waals surface area contributed by atoms with Gasteiger partial charge in [-0.05, 0) is 64.2 Å². The first-order valence-corrected chi connectivity index (χ1v) is 12.8. The largest absolute Gasteiger partial charge is 0.466 e. The van der Waals surface area contributed by atoms with Crippen molar-refractivity contribution in [2.24, 2.45) is 0 Å². The molecule has 0 aliphatic carbocycles. The van der Waals surface area contributed by atoms with Crippen molar-refractivity contribution in [1.29, 1.82) is 10.5 Å². The van der Waals surface area contributed by atoms with Crippen LogP contribution < -0.4 is 10.2 Å². The van der Waals surface area contributed by atoms with Crippen LogP contribution in [0.2, 0.25) is 0 Å². The molecule has 1 N–H and O–H groups in total. The minimum Gasteiger partial charge on any atom is -0.466 e. The van der Waals surface area contributed by atoms with Crippen LogP contribution in [0, 0.1) is 28.5 Å². The molecule has 1 aliphatic heterocycles. The minimum atomic E-state index is -0.623. The van der Waals surface area contributed by atoms with Gasteiger partial charge in [-0.1, -0.05) is 30.3 Å². The predicted octanol–water partition coefficient (Wildman–Crippen LogP) is 5.34. The second kappa shape index (κ2) is 12.5. The Balaban J connectivity index is 1.39. The van der Waals surface area contributed by atoms with E-state index in [1.165, 1.54) is 25.3 Å². The van der Waals surface area contributed by atoms with Gasteiger partial charge in [0.25, 0.3) is 0 Å². The number of halogens is 2. The van der Waals surface area contributed by atoms with Crippen molar-refractivity contribution in [3.8, 4) is 23.4 Å². The molecule has 0 spiro atoms. The Bertz CT molecular complexity index is 1440. The third-order valence-electron chi connectivity index (χ3n) is 6.43. The molecule has 0 radical (unpaired) electrons. The molecule has 4 rings (SSSR count). The maximum Gasteiger partial charge on any atom is 0.330 e. The molecule has 0 saturated carbocycles. The lowest BCUT2D eigenvalue weighted by atomic mass is 10.0. The predicted molar refractivity (Wildman–Crippen MR) is 146 cm³/mol. The van der Waals surface area contributed by atoms with Crippen LogP contribution in [0.1, 0.15) is 35.1 Å². The van der Waals surface area contributed by atoms with Crippen LogP contribution in [0.15, 0.2) is 59.1 Å². The number of anilines is 1. The molecule has 1 aromatic heterocycles. The van der Waals surface area contributed by atoms with Gasteiger partial charge < -0.3 is 15.0 Å². The topological polar surface area (TPSA) is 102 Å². The summed E-state index contributed by atoms with van der Waals surface area (Å²) in [6, 6.07) is 18.4. The highest BCUT2D eigenvalue weighted by Gasteiger charge is 2.22. The Hall–Kier alpha value is -4.05. The normalized spacial score (nSPS) is 13.8. The van der Waals surface area contributed by atoms with E-state index in [2.05, 4.69) is 37.0 Å². The molecule has 3 aromatic rings. The van der Waals surface area contributed by atoms with Crippen molar-refractivity contribution in [1.82, 2.24) is 10.3 Å². The first kappa shape index (κ1) is 27.0. The summed E-state index contributed by atoms with van der Waals surface area (Å²) in [6.07, 6.45) is 4.92. The van der Waals surface area contributed by atoms with E-state index < -0.39 is 5.82 Å². The molecule has 0 atom stereocenters. The number of esters is 1. The van der Waals surface area contributed by atoms with Gasteiger partial charge in [-0.15, -0.1) is 0 Å². The number of carbonyl (C=O) groups is 1. The van der Waals surface area contributed by atoms with Crippen molar-refractivity contribution in [2.45, 2.75) is 25.4 Å². The highest BCUT2D eigenvalue weighted by atomic mass is 79.9. The standard InChI is InChI=1S/C29H25BrFN5O2/c1-38-27(37)9-6-19-2-4-20(5-3-19)18-34-24-10-12-36(13-11-24)26-15-23(17-33)28(30)29(35-26)21-7-8-22(16-32)25(31)14-21/h2-9,14-15,24,34H,10-13,18H2,1H3/b9-6+. The van der Waals surface area contributed by atoms with Gasteiger partial charge in [0.15, 0.2) is 0 Å². The fourth-order valence-corrected chi connectivity index (χ4v) is 4.78. The number of piperidine rings is 1. The second-order valence-corrected chi connectivity index (χ2v) is 9.64. The molecule has 192 valence electrons. The number of nitrogens with zero attached hydrogens (tertiary/aromatic N) is 4. The molecule has 0 unspecified atom stereocenters. The third-order valence-corrected chi connectivity index (χ3v) is 7.24. The van der Waals surface area contributed by atoms with Gasteiger partial charge in [-0.3, -0.25) is 0 Å².